The molecule has 2 N–H and O–H groups in total. The molecule has 0 unspecified atom stereocenters. The van der Waals surface area contributed by atoms with Crippen molar-refractivity contribution in [3.8, 4) is 17.3 Å². The van der Waals surface area contributed by atoms with Crippen LogP contribution in [0, 0.1) is 5.82 Å². The number of aromatic nitrogens is 4. The first-order valence-corrected chi connectivity index (χ1v) is 8.57. The molecule has 30 heavy (non-hydrogen) atoms. The van der Waals surface area contributed by atoms with Crippen LogP contribution in [-0.2, 0) is 17.5 Å². The highest BCUT2D eigenvalue weighted by Gasteiger charge is 2.34. The Hall–Kier alpha value is -3.70. The van der Waals surface area contributed by atoms with Gasteiger partial charge in [-0.2, -0.15) is 18.2 Å². The number of pyridine rings is 1. The zero-order valence-electron chi connectivity index (χ0n) is 15.4. The third-order valence-corrected chi connectivity index (χ3v) is 3.77. The Balaban J connectivity index is 1.94. The van der Waals surface area contributed by atoms with Gasteiger partial charge in [-0.15, -0.1) is 5.10 Å². The third kappa shape index (κ3) is 4.82. The molecular weight excluding hydrogens is 410 g/mol. The van der Waals surface area contributed by atoms with E-state index >= 15 is 0 Å². The molecule has 0 amide bonds. The predicted octanol–water partition coefficient (Wildman–Crippen LogP) is 3.72. The van der Waals surface area contributed by atoms with Crippen molar-refractivity contribution in [1.29, 1.82) is 0 Å². The first-order chi connectivity index (χ1) is 14.2. The number of nitrogens with zero attached hydrogens (tertiary/aromatic N) is 4. The number of hydrogen-bond acceptors (Lipinski definition) is 6. The van der Waals surface area contributed by atoms with Gasteiger partial charge in [-0.05, 0) is 31.2 Å². The Labute approximate surface area is 167 Å². The summed E-state index contributed by atoms with van der Waals surface area (Å²) in [6.45, 7) is 1.65. The standard InChI is InChI=1S/C18H15F4N5O3/c1-2-30-14-6-3-10(8-23-14)16-25-17(26-27(16)9-15(28)29)24-11-4-5-13(19)12(7-11)18(20,21)22/h3-8H,2,9H2,1H3,(H,24,26)(H,28,29). The summed E-state index contributed by atoms with van der Waals surface area (Å²) in [6.07, 6.45) is -3.48. The number of carboxylic acids is 1. The van der Waals surface area contributed by atoms with Crippen LogP contribution >= 0.6 is 0 Å². The number of anilines is 2. The van der Waals surface area contributed by atoms with Crippen LogP contribution in [0.2, 0.25) is 0 Å². The van der Waals surface area contributed by atoms with Crippen LogP contribution < -0.4 is 10.1 Å². The average Bonchev–Trinajstić information content (AvgIpc) is 3.04. The topological polar surface area (TPSA) is 102 Å². The first-order valence-electron chi connectivity index (χ1n) is 8.57. The largest absolute Gasteiger partial charge is 0.480 e. The summed E-state index contributed by atoms with van der Waals surface area (Å²) >= 11 is 0. The quantitative estimate of drug-likeness (QED) is 0.556. The van der Waals surface area contributed by atoms with E-state index in [2.05, 4.69) is 20.4 Å². The van der Waals surface area contributed by atoms with Crippen molar-refractivity contribution < 1.29 is 32.2 Å². The highest BCUT2D eigenvalue weighted by Crippen LogP contribution is 2.33. The zero-order valence-corrected chi connectivity index (χ0v) is 15.4. The number of halogens is 4. The number of benzene rings is 1. The Morgan fingerprint density at radius 2 is 2.03 bits per heavy atom. The van der Waals surface area contributed by atoms with Gasteiger partial charge in [-0.3, -0.25) is 4.79 Å². The number of ether oxygens (including phenoxy) is 1. The maximum Gasteiger partial charge on any atom is 0.419 e. The first kappa shape index (κ1) is 21.0. The number of nitrogens with one attached hydrogen (secondary N) is 1. The number of carboxylic acid groups (broad SMARTS) is 1. The molecule has 2 aromatic heterocycles. The highest BCUT2D eigenvalue weighted by atomic mass is 19.4. The molecule has 0 saturated carbocycles. The lowest BCUT2D eigenvalue weighted by Crippen LogP contribution is -2.12. The summed E-state index contributed by atoms with van der Waals surface area (Å²) in [6, 6.07) is 5.47. The van der Waals surface area contributed by atoms with Gasteiger partial charge >= 0.3 is 12.1 Å². The second-order valence-electron chi connectivity index (χ2n) is 5.95. The molecule has 0 spiro atoms. The molecule has 0 aliphatic heterocycles. The summed E-state index contributed by atoms with van der Waals surface area (Å²) in [5, 5.41) is 15.6. The van der Waals surface area contributed by atoms with Crippen LogP contribution in [-0.4, -0.2) is 37.4 Å². The van der Waals surface area contributed by atoms with Gasteiger partial charge < -0.3 is 15.2 Å². The minimum absolute atomic E-state index is 0.118. The normalized spacial score (nSPS) is 11.4. The lowest BCUT2D eigenvalue weighted by atomic mass is 10.2. The summed E-state index contributed by atoms with van der Waals surface area (Å²) in [5.41, 5.74) is -1.16. The molecule has 2 heterocycles. The van der Waals surface area contributed by atoms with E-state index in [-0.39, 0.29) is 17.5 Å². The summed E-state index contributed by atoms with van der Waals surface area (Å²) in [4.78, 5) is 19.3. The van der Waals surface area contributed by atoms with Crippen LogP contribution in [0.3, 0.4) is 0 Å². The van der Waals surface area contributed by atoms with Gasteiger partial charge in [0.25, 0.3) is 0 Å². The molecule has 0 saturated heterocycles. The lowest BCUT2D eigenvalue weighted by molar-refractivity contribution is -0.140. The van der Waals surface area contributed by atoms with E-state index in [0.29, 0.717) is 30.2 Å². The van der Waals surface area contributed by atoms with Gasteiger partial charge in [0.15, 0.2) is 5.82 Å². The van der Waals surface area contributed by atoms with Crippen LogP contribution in [0.25, 0.3) is 11.4 Å². The monoisotopic (exact) mass is 425 g/mol. The number of hydrogen-bond donors (Lipinski definition) is 2. The van der Waals surface area contributed by atoms with Crippen molar-refractivity contribution in [2.24, 2.45) is 0 Å². The van der Waals surface area contributed by atoms with Crippen molar-refractivity contribution >= 4 is 17.6 Å². The van der Waals surface area contributed by atoms with Gasteiger partial charge in [0.2, 0.25) is 11.8 Å². The van der Waals surface area contributed by atoms with E-state index in [9.17, 15) is 22.4 Å². The maximum absolute atomic E-state index is 13.5. The Kier molecular flexibility index (Phi) is 5.85. The van der Waals surface area contributed by atoms with Crippen molar-refractivity contribution in [2.45, 2.75) is 19.6 Å². The molecule has 8 nitrogen and oxygen atoms in total. The fourth-order valence-electron chi connectivity index (χ4n) is 2.54. The summed E-state index contributed by atoms with van der Waals surface area (Å²) in [5.74, 6) is -2.31. The van der Waals surface area contributed by atoms with Gasteiger partial charge in [-0.1, -0.05) is 0 Å². The lowest BCUT2D eigenvalue weighted by Gasteiger charge is -2.10. The van der Waals surface area contributed by atoms with Gasteiger partial charge in [0.1, 0.15) is 12.4 Å². The Morgan fingerprint density at radius 3 is 2.63 bits per heavy atom. The Morgan fingerprint density at radius 1 is 1.27 bits per heavy atom. The molecule has 3 rings (SSSR count). The molecule has 0 aliphatic rings. The average molecular weight is 425 g/mol. The molecule has 3 aromatic rings. The van der Waals surface area contributed by atoms with E-state index in [1.807, 2.05) is 0 Å². The molecule has 0 aliphatic carbocycles. The van der Waals surface area contributed by atoms with E-state index in [4.69, 9.17) is 9.84 Å². The summed E-state index contributed by atoms with van der Waals surface area (Å²) < 4.78 is 58.5. The number of carbonyl (C=O) groups is 1. The summed E-state index contributed by atoms with van der Waals surface area (Å²) in [7, 11) is 0. The maximum atomic E-state index is 13.5. The van der Waals surface area contributed by atoms with E-state index in [1.54, 1.807) is 19.1 Å². The molecule has 12 heteroatoms. The minimum atomic E-state index is -4.88. The SMILES string of the molecule is CCOc1ccc(-c2nc(Nc3ccc(F)c(C(F)(F)F)c3)nn2CC(=O)O)cn1. The van der Waals surface area contributed by atoms with Crippen molar-refractivity contribution in [1.82, 2.24) is 19.7 Å². The fraction of sp³-hybridized carbons (Fsp3) is 0.222. The molecule has 0 radical (unpaired) electrons. The molecule has 158 valence electrons. The van der Waals surface area contributed by atoms with Crippen LogP contribution in [0.15, 0.2) is 36.5 Å². The molecule has 0 fully saturated rings. The molecule has 0 bridgehead atoms. The predicted molar refractivity (Wildman–Crippen MR) is 96.7 cm³/mol. The van der Waals surface area contributed by atoms with Crippen molar-refractivity contribution in [3.05, 3.63) is 47.9 Å². The smallest absolute Gasteiger partial charge is 0.419 e. The number of alkyl halides is 3. The van der Waals surface area contributed by atoms with E-state index in [0.717, 1.165) is 10.7 Å². The van der Waals surface area contributed by atoms with Gasteiger partial charge in [0.05, 0.1) is 12.2 Å². The van der Waals surface area contributed by atoms with Crippen LogP contribution in [0.1, 0.15) is 12.5 Å². The molecule has 1 aromatic carbocycles. The van der Waals surface area contributed by atoms with E-state index in [1.165, 1.54) is 6.20 Å². The highest BCUT2D eigenvalue weighted by molar-refractivity contribution is 5.68. The number of rotatable bonds is 7. The fourth-order valence-corrected chi connectivity index (χ4v) is 2.54. The molecule has 0 atom stereocenters. The zero-order chi connectivity index (χ0) is 21.9. The second-order valence-corrected chi connectivity index (χ2v) is 5.95. The third-order valence-electron chi connectivity index (χ3n) is 3.77. The van der Waals surface area contributed by atoms with Gasteiger partial charge in [-0.25, -0.2) is 14.1 Å². The second kappa shape index (κ2) is 8.35. The van der Waals surface area contributed by atoms with Crippen LogP contribution in [0.5, 0.6) is 5.88 Å². The van der Waals surface area contributed by atoms with Crippen molar-refractivity contribution in [2.75, 3.05) is 11.9 Å². The van der Waals surface area contributed by atoms with Crippen LogP contribution in [0.4, 0.5) is 29.2 Å². The minimum Gasteiger partial charge on any atom is -0.480 e. The molecular formula is C18H15F4N5O3. The number of aliphatic carboxylic acids is 1. The van der Waals surface area contributed by atoms with E-state index < -0.39 is 30.1 Å². The Bertz CT molecular complexity index is 1050. The van der Waals surface area contributed by atoms with Gasteiger partial charge in [0, 0.05) is 23.5 Å². The van der Waals surface area contributed by atoms with Crippen molar-refractivity contribution in [3.63, 3.8) is 0 Å².